The number of rotatable bonds is 2. The summed E-state index contributed by atoms with van der Waals surface area (Å²) >= 11 is 1.37. The van der Waals surface area contributed by atoms with Gasteiger partial charge in [-0.1, -0.05) is 0 Å². The lowest BCUT2D eigenvalue weighted by atomic mass is 10.2. The highest BCUT2D eigenvalue weighted by Crippen LogP contribution is 2.40. The molecule has 0 saturated heterocycles. The van der Waals surface area contributed by atoms with Crippen LogP contribution in [0.15, 0.2) is 6.20 Å². The number of nitrogens with zero attached hydrogens (tertiary/aromatic N) is 1. The van der Waals surface area contributed by atoms with E-state index in [4.69, 9.17) is 0 Å². The van der Waals surface area contributed by atoms with Gasteiger partial charge in [0.2, 0.25) is 0 Å². The van der Waals surface area contributed by atoms with Crippen molar-refractivity contribution >= 4 is 22.6 Å². The Morgan fingerprint density at radius 2 is 1.72 bits per heavy atom. The number of pyridine rings is 1. The van der Waals surface area contributed by atoms with E-state index in [1.54, 1.807) is 0 Å². The Morgan fingerprint density at radius 3 is 2.11 bits per heavy atom. The summed E-state index contributed by atoms with van der Waals surface area (Å²) in [6, 6.07) is 0. The van der Waals surface area contributed by atoms with E-state index in [-0.39, 0.29) is 3.57 Å². The summed E-state index contributed by atoms with van der Waals surface area (Å²) in [7, 11) is 0. The summed E-state index contributed by atoms with van der Waals surface area (Å²) in [5, 5.41) is 0. The molecule has 1 aromatic heterocycles. The van der Waals surface area contributed by atoms with Gasteiger partial charge in [0.25, 0.3) is 0 Å². The lowest BCUT2D eigenvalue weighted by Gasteiger charge is -2.17. The monoisotopic (exact) mass is 389 g/mol. The molecule has 10 heteroatoms. The molecule has 0 amide bonds. The minimum absolute atomic E-state index is 0.192. The number of hydrogen-bond donors (Lipinski definition) is 0. The minimum atomic E-state index is -5.37. The third kappa shape index (κ3) is 3.59. The molecule has 0 aliphatic heterocycles. The van der Waals surface area contributed by atoms with E-state index >= 15 is 0 Å². The molecular formula is C8H3F7INO. The maximum Gasteiger partial charge on any atom is 0.573 e. The molecule has 0 N–H and O–H groups in total. The number of hydrogen-bond acceptors (Lipinski definition) is 2. The predicted octanol–water partition coefficient (Wildman–Crippen LogP) is 4.07. The Kier molecular flexibility index (Phi) is 4.28. The van der Waals surface area contributed by atoms with E-state index in [0.717, 1.165) is 0 Å². The summed E-state index contributed by atoms with van der Waals surface area (Å²) in [4.78, 5) is 2.82. The number of aromatic nitrogens is 1. The highest BCUT2D eigenvalue weighted by molar-refractivity contribution is 14.1. The standard InChI is InChI=1S/C8H3F7INO/c9-1-3-4(16)2-17-6(7(10,11)12)5(3)18-8(13,14)15/h2H,1H2. The van der Waals surface area contributed by atoms with Gasteiger partial charge < -0.3 is 4.74 Å². The molecule has 0 aliphatic carbocycles. The first kappa shape index (κ1) is 15.2. The molecule has 0 radical (unpaired) electrons. The minimum Gasteiger partial charge on any atom is -0.403 e. The first-order valence-corrected chi connectivity index (χ1v) is 5.20. The lowest BCUT2D eigenvalue weighted by molar-refractivity contribution is -0.276. The van der Waals surface area contributed by atoms with E-state index in [0.29, 0.717) is 6.20 Å². The van der Waals surface area contributed by atoms with Gasteiger partial charge in [0, 0.05) is 15.3 Å². The lowest BCUT2D eigenvalue weighted by Crippen LogP contribution is -2.22. The molecule has 0 aromatic carbocycles. The molecule has 1 aromatic rings. The average molecular weight is 389 g/mol. The van der Waals surface area contributed by atoms with Crippen LogP contribution < -0.4 is 4.74 Å². The summed E-state index contributed by atoms with van der Waals surface area (Å²) in [5.41, 5.74) is -2.75. The quantitative estimate of drug-likeness (QED) is 0.562. The Bertz CT molecular complexity index is 442. The van der Waals surface area contributed by atoms with Gasteiger partial charge in [-0.05, 0) is 22.6 Å². The molecule has 0 fully saturated rings. The molecule has 0 saturated carbocycles. The van der Waals surface area contributed by atoms with Crippen molar-refractivity contribution < 1.29 is 35.5 Å². The van der Waals surface area contributed by atoms with Crippen LogP contribution in [0.2, 0.25) is 0 Å². The zero-order valence-corrected chi connectivity index (χ0v) is 10.3. The molecule has 0 unspecified atom stereocenters. The summed E-state index contributed by atoms with van der Waals surface area (Å²) < 4.78 is 88.9. The van der Waals surface area contributed by atoms with Gasteiger partial charge in [0.15, 0.2) is 11.4 Å². The normalized spacial score (nSPS) is 12.7. The maximum absolute atomic E-state index is 12.5. The Morgan fingerprint density at radius 1 is 1.17 bits per heavy atom. The predicted molar refractivity (Wildman–Crippen MR) is 53.5 cm³/mol. The van der Waals surface area contributed by atoms with Crippen molar-refractivity contribution in [2.75, 3.05) is 0 Å². The summed E-state index contributed by atoms with van der Waals surface area (Å²) in [6.07, 6.45) is -9.91. The van der Waals surface area contributed by atoms with Gasteiger partial charge in [-0.2, -0.15) is 13.2 Å². The van der Waals surface area contributed by atoms with Crippen LogP contribution >= 0.6 is 22.6 Å². The second kappa shape index (κ2) is 5.05. The van der Waals surface area contributed by atoms with Gasteiger partial charge >= 0.3 is 12.5 Å². The highest BCUT2D eigenvalue weighted by atomic mass is 127. The molecule has 102 valence electrons. The molecule has 18 heavy (non-hydrogen) atoms. The highest BCUT2D eigenvalue weighted by Gasteiger charge is 2.42. The second-order valence-corrected chi connectivity index (χ2v) is 4.10. The molecule has 2 nitrogen and oxygen atoms in total. The van der Waals surface area contributed by atoms with Gasteiger partial charge in [-0.15, -0.1) is 13.2 Å². The second-order valence-electron chi connectivity index (χ2n) is 2.94. The third-order valence-corrected chi connectivity index (χ3v) is 2.63. The molecular weight excluding hydrogens is 386 g/mol. The van der Waals surface area contributed by atoms with Crippen molar-refractivity contribution in [1.29, 1.82) is 0 Å². The molecule has 1 rings (SSSR count). The van der Waals surface area contributed by atoms with Gasteiger partial charge in [0.1, 0.15) is 6.67 Å². The third-order valence-electron chi connectivity index (χ3n) is 1.70. The van der Waals surface area contributed by atoms with E-state index in [1.807, 2.05) is 0 Å². The van der Waals surface area contributed by atoms with Gasteiger partial charge in [-0.3, -0.25) is 0 Å². The Labute approximate surface area is 109 Å². The van der Waals surface area contributed by atoms with E-state index in [1.165, 1.54) is 22.6 Å². The van der Waals surface area contributed by atoms with Crippen molar-refractivity contribution in [3.8, 4) is 5.75 Å². The fourth-order valence-corrected chi connectivity index (χ4v) is 1.59. The summed E-state index contributed by atoms with van der Waals surface area (Å²) in [6.45, 7) is -1.53. The van der Waals surface area contributed by atoms with Crippen LogP contribution in [-0.2, 0) is 12.9 Å². The first-order valence-electron chi connectivity index (χ1n) is 4.12. The SMILES string of the molecule is FCc1c(I)cnc(C(F)(F)F)c1OC(F)(F)F. The van der Waals surface area contributed by atoms with Crippen molar-refractivity contribution in [3.63, 3.8) is 0 Å². The molecule has 0 spiro atoms. The molecule has 1 heterocycles. The first-order chi connectivity index (χ1) is 8.06. The van der Waals surface area contributed by atoms with E-state index in [2.05, 4.69) is 9.72 Å². The molecule has 0 aliphatic rings. The van der Waals surface area contributed by atoms with Crippen LogP contribution in [0.4, 0.5) is 30.7 Å². The average Bonchev–Trinajstić information content (AvgIpc) is 2.13. The van der Waals surface area contributed by atoms with Crippen molar-refractivity contribution in [2.45, 2.75) is 19.2 Å². The van der Waals surface area contributed by atoms with Gasteiger partial charge in [0.05, 0.1) is 0 Å². The fourth-order valence-electron chi connectivity index (χ4n) is 1.06. The Hall–Kier alpha value is -0.810. The smallest absolute Gasteiger partial charge is 0.403 e. The van der Waals surface area contributed by atoms with Crippen LogP contribution in [0.25, 0.3) is 0 Å². The van der Waals surface area contributed by atoms with Crippen LogP contribution in [0.1, 0.15) is 11.3 Å². The summed E-state index contributed by atoms with van der Waals surface area (Å²) in [5.74, 6) is -1.65. The Balaban J connectivity index is 3.45. The van der Waals surface area contributed by atoms with Crippen LogP contribution in [0.5, 0.6) is 5.75 Å². The zero-order valence-electron chi connectivity index (χ0n) is 8.16. The van der Waals surface area contributed by atoms with E-state index in [9.17, 15) is 30.7 Å². The van der Waals surface area contributed by atoms with Crippen LogP contribution in [0, 0.1) is 3.57 Å². The molecule has 0 bridgehead atoms. The zero-order chi connectivity index (χ0) is 14.1. The van der Waals surface area contributed by atoms with Crippen molar-refractivity contribution in [3.05, 3.63) is 21.0 Å². The largest absolute Gasteiger partial charge is 0.573 e. The number of alkyl halides is 7. The number of ether oxygens (including phenoxy) is 1. The van der Waals surface area contributed by atoms with E-state index < -0.39 is 36.2 Å². The fraction of sp³-hybridized carbons (Fsp3) is 0.375. The molecule has 0 atom stereocenters. The number of halogens is 8. The maximum atomic E-state index is 12.5. The topological polar surface area (TPSA) is 22.1 Å². The van der Waals surface area contributed by atoms with Crippen molar-refractivity contribution in [1.82, 2.24) is 4.98 Å². The van der Waals surface area contributed by atoms with Crippen molar-refractivity contribution in [2.24, 2.45) is 0 Å². The van der Waals surface area contributed by atoms with Crippen LogP contribution in [0.3, 0.4) is 0 Å². The van der Waals surface area contributed by atoms with Gasteiger partial charge in [-0.25, -0.2) is 9.37 Å². The van der Waals surface area contributed by atoms with Crippen LogP contribution in [-0.4, -0.2) is 11.3 Å².